The molecule has 0 saturated carbocycles. The average molecular weight is 376 g/mol. The minimum absolute atomic E-state index is 0.216. The SMILES string of the molecule is Cc1nn(C)c2ncc(C(=O)Nc3cccc(COCc4ccco4)c3)cc12. The summed E-state index contributed by atoms with van der Waals surface area (Å²) in [6.45, 7) is 2.73. The van der Waals surface area contributed by atoms with Gasteiger partial charge in [0.2, 0.25) is 0 Å². The maximum absolute atomic E-state index is 12.6. The van der Waals surface area contributed by atoms with Crippen molar-refractivity contribution in [1.29, 1.82) is 0 Å². The van der Waals surface area contributed by atoms with E-state index in [4.69, 9.17) is 9.15 Å². The van der Waals surface area contributed by atoms with Gasteiger partial charge in [-0.1, -0.05) is 12.1 Å². The molecule has 7 nitrogen and oxygen atoms in total. The Morgan fingerprint density at radius 2 is 2.11 bits per heavy atom. The van der Waals surface area contributed by atoms with Crippen LogP contribution >= 0.6 is 0 Å². The van der Waals surface area contributed by atoms with Gasteiger partial charge in [-0.15, -0.1) is 0 Å². The summed E-state index contributed by atoms with van der Waals surface area (Å²) in [5.74, 6) is 0.560. The van der Waals surface area contributed by atoms with Crippen LogP contribution in [-0.2, 0) is 25.0 Å². The first-order valence-electron chi connectivity index (χ1n) is 8.90. The average Bonchev–Trinajstić information content (AvgIpc) is 3.30. The fourth-order valence-corrected chi connectivity index (χ4v) is 3.04. The zero-order valence-electron chi connectivity index (χ0n) is 15.7. The van der Waals surface area contributed by atoms with Gasteiger partial charge < -0.3 is 14.5 Å². The third kappa shape index (κ3) is 3.79. The molecule has 28 heavy (non-hydrogen) atoms. The summed E-state index contributed by atoms with van der Waals surface area (Å²) in [6.07, 6.45) is 3.18. The van der Waals surface area contributed by atoms with E-state index >= 15 is 0 Å². The highest BCUT2D eigenvalue weighted by Crippen LogP contribution is 2.18. The first-order chi connectivity index (χ1) is 13.6. The lowest BCUT2D eigenvalue weighted by Gasteiger charge is -2.08. The van der Waals surface area contributed by atoms with Crippen LogP contribution in [0.4, 0.5) is 5.69 Å². The molecule has 7 heteroatoms. The predicted molar refractivity (Wildman–Crippen MR) is 105 cm³/mol. The van der Waals surface area contributed by atoms with Crippen molar-refractivity contribution >= 4 is 22.6 Å². The minimum atomic E-state index is -0.216. The third-order valence-corrected chi connectivity index (χ3v) is 4.40. The molecule has 1 amide bonds. The van der Waals surface area contributed by atoms with E-state index in [0.29, 0.717) is 24.5 Å². The summed E-state index contributed by atoms with van der Waals surface area (Å²) >= 11 is 0. The highest BCUT2D eigenvalue weighted by Gasteiger charge is 2.12. The molecule has 1 N–H and O–H groups in total. The molecular weight excluding hydrogens is 356 g/mol. The van der Waals surface area contributed by atoms with E-state index in [2.05, 4.69) is 15.4 Å². The number of nitrogens with zero attached hydrogens (tertiary/aromatic N) is 3. The fourth-order valence-electron chi connectivity index (χ4n) is 3.04. The van der Waals surface area contributed by atoms with Gasteiger partial charge in [0.25, 0.3) is 5.91 Å². The van der Waals surface area contributed by atoms with Crippen molar-refractivity contribution in [3.63, 3.8) is 0 Å². The Labute approximate surface area is 161 Å². The van der Waals surface area contributed by atoms with E-state index in [1.807, 2.05) is 56.4 Å². The van der Waals surface area contributed by atoms with Crippen LogP contribution in [0.1, 0.15) is 27.4 Å². The van der Waals surface area contributed by atoms with Crippen molar-refractivity contribution in [1.82, 2.24) is 14.8 Å². The predicted octanol–water partition coefficient (Wildman–Crippen LogP) is 3.84. The van der Waals surface area contributed by atoms with Gasteiger partial charge >= 0.3 is 0 Å². The zero-order chi connectivity index (χ0) is 19.5. The van der Waals surface area contributed by atoms with Gasteiger partial charge in [-0.2, -0.15) is 5.10 Å². The summed E-state index contributed by atoms with van der Waals surface area (Å²) in [5.41, 5.74) is 3.75. The van der Waals surface area contributed by atoms with E-state index in [0.717, 1.165) is 28.1 Å². The smallest absolute Gasteiger partial charge is 0.257 e. The van der Waals surface area contributed by atoms with Crippen LogP contribution in [0.25, 0.3) is 11.0 Å². The van der Waals surface area contributed by atoms with Crippen LogP contribution < -0.4 is 5.32 Å². The lowest BCUT2D eigenvalue weighted by atomic mass is 10.1. The summed E-state index contributed by atoms with van der Waals surface area (Å²) in [4.78, 5) is 17.0. The molecule has 0 radical (unpaired) electrons. The van der Waals surface area contributed by atoms with Gasteiger partial charge in [-0.25, -0.2) is 4.98 Å². The van der Waals surface area contributed by atoms with Gasteiger partial charge in [0, 0.05) is 24.3 Å². The molecule has 0 atom stereocenters. The standard InChI is InChI=1S/C21H20N4O3/c1-14-19-10-16(11-22-20(19)25(2)24-14)21(26)23-17-6-3-5-15(9-17)12-27-13-18-7-4-8-28-18/h3-11H,12-13H2,1-2H3,(H,23,26). The molecule has 0 unspecified atom stereocenters. The Bertz CT molecular complexity index is 1120. The molecule has 0 spiro atoms. The summed E-state index contributed by atoms with van der Waals surface area (Å²) in [5, 5.41) is 8.12. The number of nitrogens with one attached hydrogen (secondary N) is 1. The highest BCUT2D eigenvalue weighted by atomic mass is 16.5. The monoisotopic (exact) mass is 376 g/mol. The van der Waals surface area contributed by atoms with Gasteiger partial charge in [0.05, 0.1) is 24.1 Å². The van der Waals surface area contributed by atoms with Crippen LogP contribution in [0.3, 0.4) is 0 Å². The Hall–Kier alpha value is -3.45. The summed E-state index contributed by atoms with van der Waals surface area (Å²) in [7, 11) is 1.83. The third-order valence-electron chi connectivity index (χ3n) is 4.40. The van der Waals surface area contributed by atoms with Gasteiger partial charge in [0.15, 0.2) is 5.65 Å². The Balaban J connectivity index is 1.43. The molecule has 4 rings (SSSR count). The highest BCUT2D eigenvalue weighted by molar-refractivity contribution is 6.05. The first kappa shape index (κ1) is 17.9. The number of carbonyl (C=O) groups is 1. The normalized spacial score (nSPS) is 11.1. The number of fused-ring (bicyclic) bond motifs is 1. The first-order valence-corrected chi connectivity index (χ1v) is 8.90. The molecule has 1 aromatic carbocycles. The summed E-state index contributed by atoms with van der Waals surface area (Å²) < 4.78 is 12.6. The van der Waals surface area contributed by atoms with E-state index in [-0.39, 0.29) is 5.91 Å². The number of aryl methyl sites for hydroxylation is 2. The van der Waals surface area contributed by atoms with Crippen molar-refractivity contribution in [3.8, 4) is 0 Å². The Kier molecular flexibility index (Phi) is 4.90. The molecule has 3 heterocycles. The Morgan fingerprint density at radius 1 is 1.21 bits per heavy atom. The largest absolute Gasteiger partial charge is 0.467 e. The number of carbonyl (C=O) groups excluding carboxylic acids is 1. The van der Waals surface area contributed by atoms with E-state index in [1.165, 1.54) is 0 Å². The molecule has 0 bridgehead atoms. The lowest BCUT2D eigenvalue weighted by Crippen LogP contribution is -2.12. The van der Waals surface area contributed by atoms with Crippen LogP contribution in [0.2, 0.25) is 0 Å². The number of rotatable bonds is 6. The van der Waals surface area contributed by atoms with Crippen LogP contribution in [0.5, 0.6) is 0 Å². The van der Waals surface area contributed by atoms with Gasteiger partial charge in [-0.3, -0.25) is 9.48 Å². The summed E-state index contributed by atoms with van der Waals surface area (Å²) in [6, 6.07) is 13.1. The van der Waals surface area contributed by atoms with Crippen LogP contribution in [0.15, 0.2) is 59.3 Å². The number of ether oxygens (including phenoxy) is 1. The maximum Gasteiger partial charge on any atom is 0.257 e. The molecule has 0 aliphatic carbocycles. The number of hydrogen-bond acceptors (Lipinski definition) is 5. The molecule has 3 aromatic heterocycles. The quantitative estimate of drug-likeness (QED) is 0.553. The van der Waals surface area contributed by atoms with Crippen molar-refractivity contribution in [2.75, 3.05) is 5.32 Å². The fraction of sp³-hybridized carbons (Fsp3) is 0.190. The van der Waals surface area contributed by atoms with Gasteiger partial charge in [0.1, 0.15) is 12.4 Å². The number of aromatic nitrogens is 3. The number of anilines is 1. The van der Waals surface area contributed by atoms with E-state index in [1.54, 1.807) is 17.1 Å². The number of furan rings is 1. The number of amides is 1. The molecule has 142 valence electrons. The molecule has 0 saturated heterocycles. The van der Waals surface area contributed by atoms with E-state index < -0.39 is 0 Å². The van der Waals surface area contributed by atoms with Gasteiger partial charge in [-0.05, 0) is 42.8 Å². The van der Waals surface area contributed by atoms with Crippen molar-refractivity contribution in [2.24, 2.45) is 7.05 Å². The molecular formula is C21H20N4O3. The topological polar surface area (TPSA) is 82.2 Å². The van der Waals surface area contributed by atoms with Crippen molar-refractivity contribution < 1.29 is 13.9 Å². The van der Waals surface area contributed by atoms with Crippen LogP contribution in [-0.4, -0.2) is 20.7 Å². The molecule has 0 aliphatic heterocycles. The minimum Gasteiger partial charge on any atom is -0.467 e. The van der Waals surface area contributed by atoms with Crippen molar-refractivity contribution in [2.45, 2.75) is 20.1 Å². The number of benzene rings is 1. The Morgan fingerprint density at radius 3 is 2.93 bits per heavy atom. The van der Waals surface area contributed by atoms with Crippen molar-refractivity contribution in [3.05, 3.63) is 77.5 Å². The number of hydrogen-bond donors (Lipinski definition) is 1. The molecule has 0 aliphatic rings. The maximum atomic E-state index is 12.6. The second kappa shape index (κ2) is 7.66. The van der Waals surface area contributed by atoms with E-state index in [9.17, 15) is 4.79 Å². The zero-order valence-corrected chi connectivity index (χ0v) is 15.7. The van der Waals surface area contributed by atoms with Crippen LogP contribution in [0, 0.1) is 6.92 Å². The second-order valence-corrected chi connectivity index (χ2v) is 6.53. The molecule has 0 fully saturated rings. The lowest BCUT2D eigenvalue weighted by molar-refractivity contribution is 0.0929. The molecule has 4 aromatic rings. The second-order valence-electron chi connectivity index (χ2n) is 6.53. The number of pyridine rings is 1.